The Morgan fingerprint density at radius 2 is 1.94 bits per heavy atom. The van der Waals surface area contributed by atoms with E-state index < -0.39 is 10.0 Å². The van der Waals surface area contributed by atoms with E-state index in [-0.39, 0.29) is 10.0 Å². The van der Waals surface area contributed by atoms with E-state index in [4.69, 9.17) is 11.6 Å². The summed E-state index contributed by atoms with van der Waals surface area (Å²) in [6, 6.07) is 5.86. The van der Waals surface area contributed by atoms with Crippen LogP contribution in [0, 0.1) is 0 Å². The van der Waals surface area contributed by atoms with Crippen LogP contribution in [0.15, 0.2) is 34.7 Å². The third-order valence-electron chi connectivity index (χ3n) is 1.71. The van der Waals surface area contributed by atoms with Crippen molar-refractivity contribution in [3.63, 3.8) is 0 Å². The minimum Gasteiger partial charge on any atom is -0.253 e. The molecule has 0 saturated carbocycles. The molecule has 16 heavy (non-hydrogen) atoms. The number of aromatic nitrogens is 2. The zero-order chi connectivity index (χ0) is 11.6. The summed E-state index contributed by atoms with van der Waals surface area (Å²) >= 11 is 6.78. The van der Waals surface area contributed by atoms with Crippen molar-refractivity contribution >= 4 is 38.1 Å². The minimum atomic E-state index is -3.60. The summed E-state index contributed by atoms with van der Waals surface area (Å²) in [6.45, 7) is 0. The lowest BCUT2D eigenvalue weighted by molar-refractivity contribution is 0.601. The largest absolute Gasteiger partial charge is 0.263 e. The minimum absolute atomic E-state index is 0.132. The summed E-state index contributed by atoms with van der Waals surface area (Å²) in [4.78, 5) is 0.132. The highest BCUT2D eigenvalue weighted by Crippen LogP contribution is 2.18. The Balaban J connectivity index is 2.29. The molecule has 0 atom stereocenters. The van der Waals surface area contributed by atoms with E-state index in [9.17, 15) is 8.42 Å². The summed E-state index contributed by atoms with van der Waals surface area (Å²) in [7, 11) is -3.60. The van der Waals surface area contributed by atoms with Crippen molar-refractivity contribution in [1.29, 1.82) is 0 Å². The molecule has 0 fully saturated rings. The highest BCUT2D eigenvalue weighted by atomic mass is 35.5. The molecule has 0 aliphatic carbocycles. The molecule has 0 unspecified atom stereocenters. The van der Waals surface area contributed by atoms with Gasteiger partial charge in [-0.3, -0.25) is 4.72 Å². The maximum absolute atomic E-state index is 11.8. The van der Waals surface area contributed by atoms with Crippen molar-refractivity contribution < 1.29 is 8.42 Å². The van der Waals surface area contributed by atoms with Crippen LogP contribution < -0.4 is 4.72 Å². The van der Waals surface area contributed by atoms with Crippen molar-refractivity contribution in [3.05, 3.63) is 34.8 Å². The van der Waals surface area contributed by atoms with E-state index in [0.29, 0.717) is 5.02 Å². The maximum Gasteiger partial charge on any atom is 0.263 e. The van der Waals surface area contributed by atoms with E-state index in [0.717, 1.165) is 11.3 Å². The normalized spacial score (nSPS) is 11.3. The molecule has 0 radical (unpaired) electrons. The number of halogens is 1. The van der Waals surface area contributed by atoms with Crippen molar-refractivity contribution in [1.82, 2.24) is 10.2 Å². The van der Waals surface area contributed by atoms with Crippen LogP contribution >= 0.6 is 22.9 Å². The summed E-state index contributed by atoms with van der Waals surface area (Å²) in [5.74, 6) is 0. The van der Waals surface area contributed by atoms with Crippen molar-refractivity contribution in [3.8, 4) is 0 Å². The van der Waals surface area contributed by atoms with Crippen LogP contribution in [0.4, 0.5) is 5.13 Å². The van der Waals surface area contributed by atoms with Crippen molar-refractivity contribution in [2.75, 3.05) is 4.72 Å². The molecule has 2 aromatic rings. The van der Waals surface area contributed by atoms with Crippen LogP contribution in [-0.2, 0) is 10.0 Å². The Morgan fingerprint density at radius 1 is 1.25 bits per heavy atom. The lowest BCUT2D eigenvalue weighted by Crippen LogP contribution is -2.12. The molecular weight excluding hydrogens is 270 g/mol. The molecule has 1 N–H and O–H groups in total. The molecule has 84 valence electrons. The molecule has 8 heteroatoms. The molecule has 5 nitrogen and oxygen atoms in total. The fourth-order valence-corrected chi connectivity index (χ4v) is 2.82. The molecule has 0 bridgehead atoms. The molecule has 0 saturated heterocycles. The summed E-state index contributed by atoms with van der Waals surface area (Å²) in [6.07, 6.45) is 0. The molecule has 0 spiro atoms. The van der Waals surface area contributed by atoms with Gasteiger partial charge in [-0.1, -0.05) is 22.9 Å². The second kappa shape index (κ2) is 4.36. The molecular formula is C8H6ClN3O2S2. The molecule has 1 heterocycles. The first-order valence-electron chi connectivity index (χ1n) is 4.12. The van der Waals surface area contributed by atoms with Gasteiger partial charge in [0.1, 0.15) is 5.51 Å². The molecule has 1 aromatic heterocycles. The molecule has 1 aromatic carbocycles. The number of benzene rings is 1. The number of hydrogen-bond donors (Lipinski definition) is 1. The second-order valence-corrected chi connectivity index (χ2v) is 5.76. The Labute approximate surface area is 101 Å². The average Bonchev–Trinajstić information content (AvgIpc) is 2.70. The van der Waals surface area contributed by atoms with Gasteiger partial charge in [-0.25, -0.2) is 8.42 Å². The summed E-state index contributed by atoms with van der Waals surface area (Å²) in [5.41, 5.74) is 1.44. The highest BCUT2D eigenvalue weighted by Gasteiger charge is 2.15. The zero-order valence-corrected chi connectivity index (χ0v) is 10.2. The Bertz CT molecular complexity index is 566. The van der Waals surface area contributed by atoms with Gasteiger partial charge in [0, 0.05) is 5.02 Å². The van der Waals surface area contributed by atoms with Gasteiger partial charge in [0.15, 0.2) is 0 Å². The number of hydrogen-bond acceptors (Lipinski definition) is 5. The Morgan fingerprint density at radius 3 is 2.50 bits per heavy atom. The van der Waals surface area contributed by atoms with Gasteiger partial charge in [0.25, 0.3) is 10.0 Å². The molecule has 0 amide bonds. The molecule has 0 aliphatic rings. The predicted molar refractivity (Wildman–Crippen MR) is 62.2 cm³/mol. The van der Waals surface area contributed by atoms with Crippen LogP contribution in [0.1, 0.15) is 0 Å². The smallest absolute Gasteiger partial charge is 0.253 e. The predicted octanol–water partition coefficient (Wildman–Crippen LogP) is 1.99. The van der Waals surface area contributed by atoms with Crippen molar-refractivity contribution in [2.45, 2.75) is 4.90 Å². The van der Waals surface area contributed by atoms with E-state index in [1.165, 1.54) is 29.8 Å². The molecule has 2 rings (SSSR count). The van der Waals surface area contributed by atoms with E-state index >= 15 is 0 Å². The first-order chi connectivity index (χ1) is 7.58. The maximum atomic E-state index is 11.8. The van der Waals surface area contributed by atoms with Gasteiger partial charge in [-0.05, 0) is 24.3 Å². The van der Waals surface area contributed by atoms with Crippen LogP contribution in [0.2, 0.25) is 5.02 Å². The first kappa shape index (κ1) is 11.3. The van der Waals surface area contributed by atoms with Crippen LogP contribution in [0.3, 0.4) is 0 Å². The Kier molecular flexibility index (Phi) is 3.08. The van der Waals surface area contributed by atoms with Gasteiger partial charge in [0.2, 0.25) is 5.13 Å². The van der Waals surface area contributed by atoms with Crippen LogP contribution in [0.25, 0.3) is 0 Å². The SMILES string of the molecule is O=S(=O)(Nc1nncs1)c1ccc(Cl)cc1. The highest BCUT2D eigenvalue weighted by molar-refractivity contribution is 7.93. The number of anilines is 1. The van der Waals surface area contributed by atoms with Gasteiger partial charge in [-0.2, -0.15) is 0 Å². The first-order valence-corrected chi connectivity index (χ1v) is 6.86. The average molecular weight is 276 g/mol. The molecule has 0 aliphatic heterocycles. The van der Waals surface area contributed by atoms with Gasteiger partial charge in [0.05, 0.1) is 4.90 Å². The topological polar surface area (TPSA) is 72.0 Å². The van der Waals surface area contributed by atoms with E-state index in [1.54, 1.807) is 0 Å². The number of rotatable bonds is 3. The van der Waals surface area contributed by atoms with Crippen LogP contribution in [0.5, 0.6) is 0 Å². The fourth-order valence-electron chi connectivity index (χ4n) is 1.01. The quantitative estimate of drug-likeness (QED) is 0.930. The lowest BCUT2D eigenvalue weighted by Gasteiger charge is -2.03. The summed E-state index contributed by atoms with van der Waals surface area (Å²) in [5, 5.41) is 7.84. The van der Waals surface area contributed by atoms with Crippen molar-refractivity contribution in [2.24, 2.45) is 0 Å². The number of nitrogens with one attached hydrogen (secondary N) is 1. The van der Waals surface area contributed by atoms with E-state index in [2.05, 4.69) is 14.9 Å². The fraction of sp³-hybridized carbons (Fsp3) is 0. The monoisotopic (exact) mass is 275 g/mol. The number of nitrogens with zero attached hydrogens (tertiary/aromatic N) is 2. The van der Waals surface area contributed by atoms with Gasteiger partial charge in [-0.15, -0.1) is 10.2 Å². The third-order valence-corrected chi connectivity index (χ3v) is 4.05. The third kappa shape index (κ3) is 2.49. The second-order valence-electron chi connectivity index (χ2n) is 2.80. The summed E-state index contributed by atoms with van der Waals surface area (Å²) < 4.78 is 25.9. The van der Waals surface area contributed by atoms with Crippen LogP contribution in [-0.4, -0.2) is 18.6 Å². The zero-order valence-electron chi connectivity index (χ0n) is 7.79. The lowest BCUT2D eigenvalue weighted by atomic mass is 10.4. The van der Waals surface area contributed by atoms with E-state index in [1.807, 2.05) is 0 Å². The number of sulfonamides is 1. The standard InChI is InChI=1S/C8H6ClN3O2S2/c9-6-1-3-7(4-2-6)16(13,14)12-8-11-10-5-15-8/h1-5H,(H,11,12). The van der Waals surface area contributed by atoms with Gasteiger partial charge < -0.3 is 0 Å². The Hall–Kier alpha value is -1.18. The van der Waals surface area contributed by atoms with Gasteiger partial charge >= 0.3 is 0 Å².